The average molecular weight is 404 g/mol. The van der Waals surface area contributed by atoms with Crippen molar-refractivity contribution >= 4 is 16.8 Å². The molecule has 154 valence electrons. The van der Waals surface area contributed by atoms with Gasteiger partial charge in [0.05, 0.1) is 18.2 Å². The van der Waals surface area contributed by atoms with Crippen LogP contribution in [0.5, 0.6) is 0 Å². The average Bonchev–Trinajstić information content (AvgIpc) is 3.51. The minimum Gasteiger partial charge on any atom is -0.371 e. The quantitative estimate of drug-likeness (QED) is 0.543. The standard InChI is InChI=1S/C25H25FN2O2/c26-20-12-10-19(11-13-20)24(28-15-3-7-22(28)29)25(30-16-17-8-9-17)21-6-1-4-18-5-2-14-27-23(18)21/h1-2,4-6,10-14,17,24-25H,3,7-9,15-16H2/t24-,25+/m1/s1. The van der Waals surface area contributed by atoms with Gasteiger partial charge >= 0.3 is 0 Å². The minimum absolute atomic E-state index is 0.123. The van der Waals surface area contributed by atoms with E-state index in [0.717, 1.165) is 28.5 Å². The Labute approximate surface area is 175 Å². The van der Waals surface area contributed by atoms with Crippen molar-refractivity contribution in [1.29, 1.82) is 0 Å². The zero-order chi connectivity index (χ0) is 20.5. The maximum atomic E-state index is 13.7. The van der Waals surface area contributed by atoms with Gasteiger partial charge < -0.3 is 9.64 Å². The number of halogens is 1. The molecule has 0 N–H and O–H groups in total. The third-order valence-corrected chi connectivity index (χ3v) is 6.12. The Morgan fingerprint density at radius 2 is 1.90 bits per heavy atom. The molecule has 2 heterocycles. The monoisotopic (exact) mass is 404 g/mol. The molecule has 3 aromatic rings. The molecule has 2 atom stereocenters. The highest BCUT2D eigenvalue weighted by Crippen LogP contribution is 2.42. The van der Waals surface area contributed by atoms with Crippen LogP contribution in [0.1, 0.15) is 49.0 Å². The molecule has 2 aliphatic rings. The van der Waals surface area contributed by atoms with Crippen molar-refractivity contribution in [3.8, 4) is 0 Å². The summed E-state index contributed by atoms with van der Waals surface area (Å²) in [4.78, 5) is 19.3. The summed E-state index contributed by atoms with van der Waals surface area (Å²) < 4.78 is 20.2. The third-order valence-electron chi connectivity index (χ3n) is 6.12. The fraction of sp³-hybridized carbons (Fsp3) is 0.360. The number of likely N-dealkylation sites (tertiary alicyclic amines) is 1. The second kappa shape index (κ2) is 8.15. The zero-order valence-electron chi connectivity index (χ0n) is 16.8. The van der Waals surface area contributed by atoms with Crippen LogP contribution in [0.25, 0.3) is 10.9 Å². The topological polar surface area (TPSA) is 42.4 Å². The SMILES string of the molecule is O=C1CCCN1[C@H](c1ccc(F)cc1)[C@@H](OCC1CC1)c1cccc2cccnc12. The van der Waals surface area contributed by atoms with Gasteiger partial charge in [-0.1, -0.05) is 36.4 Å². The summed E-state index contributed by atoms with van der Waals surface area (Å²) in [5.74, 6) is 0.420. The second-order valence-corrected chi connectivity index (χ2v) is 8.31. The first kappa shape index (κ1) is 19.2. The largest absolute Gasteiger partial charge is 0.371 e. The first-order valence-electron chi connectivity index (χ1n) is 10.7. The Kier molecular flexibility index (Phi) is 5.21. The highest BCUT2D eigenvalue weighted by Gasteiger charge is 2.38. The maximum Gasteiger partial charge on any atom is 0.223 e. The van der Waals surface area contributed by atoms with E-state index in [4.69, 9.17) is 4.74 Å². The van der Waals surface area contributed by atoms with Gasteiger partial charge in [0, 0.05) is 30.1 Å². The number of fused-ring (bicyclic) bond motifs is 1. The molecule has 1 saturated carbocycles. The van der Waals surface area contributed by atoms with Gasteiger partial charge in [-0.2, -0.15) is 0 Å². The van der Waals surface area contributed by atoms with E-state index in [0.29, 0.717) is 25.5 Å². The number of ether oxygens (including phenoxy) is 1. The summed E-state index contributed by atoms with van der Waals surface area (Å²) >= 11 is 0. The van der Waals surface area contributed by atoms with E-state index in [1.165, 1.54) is 25.0 Å². The van der Waals surface area contributed by atoms with Crippen LogP contribution in [0, 0.1) is 11.7 Å². The summed E-state index contributed by atoms with van der Waals surface area (Å²) in [6, 6.07) is 16.2. The van der Waals surface area contributed by atoms with Crippen molar-refractivity contribution < 1.29 is 13.9 Å². The second-order valence-electron chi connectivity index (χ2n) is 8.31. The molecule has 0 spiro atoms. The predicted octanol–water partition coefficient (Wildman–Crippen LogP) is 5.21. The Balaban J connectivity index is 1.63. The predicted molar refractivity (Wildman–Crippen MR) is 113 cm³/mol. The van der Waals surface area contributed by atoms with Crippen LogP contribution in [0.3, 0.4) is 0 Å². The van der Waals surface area contributed by atoms with Crippen LogP contribution >= 0.6 is 0 Å². The lowest BCUT2D eigenvalue weighted by Crippen LogP contribution is -2.35. The fourth-order valence-electron chi connectivity index (χ4n) is 4.37. The van der Waals surface area contributed by atoms with Gasteiger partial charge in [-0.05, 0) is 48.9 Å². The number of aromatic nitrogens is 1. The van der Waals surface area contributed by atoms with Gasteiger partial charge in [0.25, 0.3) is 0 Å². The van der Waals surface area contributed by atoms with Gasteiger partial charge in [-0.25, -0.2) is 4.39 Å². The molecule has 4 nitrogen and oxygen atoms in total. The molecule has 1 aromatic heterocycles. The number of pyridine rings is 1. The number of hydrogen-bond acceptors (Lipinski definition) is 3. The van der Waals surface area contributed by atoms with Crippen molar-refractivity contribution in [3.05, 3.63) is 77.7 Å². The number of carbonyl (C=O) groups is 1. The zero-order valence-corrected chi connectivity index (χ0v) is 16.8. The van der Waals surface area contributed by atoms with Crippen molar-refractivity contribution in [2.24, 2.45) is 5.92 Å². The van der Waals surface area contributed by atoms with E-state index in [2.05, 4.69) is 4.98 Å². The minimum atomic E-state index is -0.364. The van der Waals surface area contributed by atoms with Gasteiger partial charge in [0.1, 0.15) is 11.9 Å². The van der Waals surface area contributed by atoms with Crippen LogP contribution in [-0.4, -0.2) is 28.9 Å². The molecule has 0 unspecified atom stereocenters. The molecule has 1 saturated heterocycles. The first-order valence-corrected chi connectivity index (χ1v) is 10.7. The van der Waals surface area contributed by atoms with Crippen LogP contribution in [0.15, 0.2) is 60.8 Å². The van der Waals surface area contributed by atoms with Crippen molar-refractivity contribution in [2.45, 2.75) is 37.8 Å². The number of nitrogens with zero attached hydrogens (tertiary/aromatic N) is 2. The Morgan fingerprint density at radius 1 is 1.10 bits per heavy atom. The van der Waals surface area contributed by atoms with Gasteiger partial charge in [0.15, 0.2) is 0 Å². The highest BCUT2D eigenvalue weighted by molar-refractivity contribution is 5.82. The molecule has 5 rings (SSSR count). The summed E-state index contributed by atoms with van der Waals surface area (Å²) in [5, 5.41) is 1.04. The number of benzene rings is 2. The smallest absolute Gasteiger partial charge is 0.223 e. The van der Waals surface area contributed by atoms with Gasteiger partial charge in [-0.3, -0.25) is 9.78 Å². The lowest BCUT2D eigenvalue weighted by Gasteiger charge is -2.35. The Bertz CT molecular complexity index is 1040. The maximum absolute atomic E-state index is 13.7. The molecule has 2 fully saturated rings. The van der Waals surface area contributed by atoms with Crippen LogP contribution in [-0.2, 0) is 9.53 Å². The molecule has 0 bridgehead atoms. The van der Waals surface area contributed by atoms with Crippen molar-refractivity contribution in [1.82, 2.24) is 9.88 Å². The Hall–Kier alpha value is -2.79. The number of carbonyl (C=O) groups excluding carboxylic acids is 1. The van der Waals surface area contributed by atoms with Gasteiger partial charge in [0.2, 0.25) is 5.91 Å². The third kappa shape index (κ3) is 3.82. The van der Waals surface area contributed by atoms with E-state index in [1.54, 1.807) is 18.3 Å². The summed E-state index contributed by atoms with van der Waals surface area (Å²) in [7, 11) is 0. The summed E-state index contributed by atoms with van der Waals surface area (Å²) in [6.07, 6.45) is 5.17. The summed E-state index contributed by atoms with van der Waals surface area (Å²) in [5.41, 5.74) is 2.75. The molecule has 1 aliphatic carbocycles. The molecule has 30 heavy (non-hydrogen) atoms. The first-order chi connectivity index (χ1) is 14.7. The Morgan fingerprint density at radius 3 is 2.63 bits per heavy atom. The number of para-hydroxylation sites is 1. The normalized spacial score (nSPS) is 18.7. The summed E-state index contributed by atoms with van der Waals surface area (Å²) in [6.45, 7) is 1.34. The number of hydrogen-bond donors (Lipinski definition) is 0. The van der Waals surface area contributed by atoms with Crippen LogP contribution < -0.4 is 0 Å². The molecule has 5 heteroatoms. The van der Waals surface area contributed by atoms with E-state index in [1.807, 2.05) is 35.2 Å². The number of amides is 1. The molecule has 0 radical (unpaired) electrons. The molecular formula is C25H25FN2O2. The van der Waals surface area contributed by atoms with Crippen LogP contribution in [0.4, 0.5) is 4.39 Å². The van der Waals surface area contributed by atoms with Gasteiger partial charge in [-0.15, -0.1) is 0 Å². The van der Waals surface area contributed by atoms with Crippen LogP contribution in [0.2, 0.25) is 0 Å². The van der Waals surface area contributed by atoms with E-state index < -0.39 is 0 Å². The van der Waals surface area contributed by atoms with Crippen molar-refractivity contribution in [2.75, 3.05) is 13.2 Å². The molecular weight excluding hydrogens is 379 g/mol. The molecule has 2 aromatic carbocycles. The lowest BCUT2D eigenvalue weighted by atomic mass is 9.92. The van der Waals surface area contributed by atoms with Crippen molar-refractivity contribution in [3.63, 3.8) is 0 Å². The molecule has 1 amide bonds. The lowest BCUT2D eigenvalue weighted by molar-refractivity contribution is -0.133. The van der Waals surface area contributed by atoms with E-state index in [9.17, 15) is 9.18 Å². The van der Waals surface area contributed by atoms with E-state index >= 15 is 0 Å². The molecule has 1 aliphatic heterocycles. The highest BCUT2D eigenvalue weighted by atomic mass is 19.1. The fourth-order valence-corrected chi connectivity index (χ4v) is 4.37. The number of rotatable bonds is 7. The van der Waals surface area contributed by atoms with E-state index in [-0.39, 0.29) is 23.9 Å².